The molecular weight excluding hydrogens is 558 g/mol. The minimum absolute atomic E-state index is 0.248. The molecule has 0 bridgehead atoms. The molecule has 5 amide bonds. The number of primary amides is 1. The van der Waals surface area contributed by atoms with Crippen molar-refractivity contribution >= 4 is 40.3 Å². The third kappa shape index (κ3) is 10.6. The quantitative estimate of drug-likeness (QED) is 0.207. The molecule has 0 aromatic heterocycles. The fraction of sp³-hybridized carbons (Fsp3) is 0.833. The Morgan fingerprint density at radius 1 is 0.976 bits per heavy atom. The summed E-state index contributed by atoms with van der Waals surface area (Å²) in [5.74, 6) is -2.63. The molecule has 0 aromatic rings. The van der Waals surface area contributed by atoms with Crippen molar-refractivity contribution in [2.24, 2.45) is 11.1 Å². The van der Waals surface area contributed by atoms with Gasteiger partial charge < -0.3 is 26.6 Å². The van der Waals surface area contributed by atoms with Gasteiger partial charge in [-0.05, 0) is 58.3 Å². The highest BCUT2D eigenvalue weighted by Gasteiger charge is 2.43. The number of rotatable bonds is 15. The van der Waals surface area contributed by atoms with Gasteiger partial charge in [0.25, 0.3) is 5.91 Å². The van der Waals surface area contributed by atoms with Crippen LogP contribution in [0, 0.1) is 5.41 Å². The van der Waals surface area contributed by atoms with Crippen LogP contribution in [-0.4, -0.2) is 79.4 Å². The van der Waals surface area contributed by atoms with Crippen molar-refractivity contribution in [2.45, 2.75) is 142 Å². The summed E-state index contributed by atoms with van der Waals surface area (Å²) in [6, 6.07) is -3.38. The van der Waals surface area contributed by atoms with E-state index < -0.39 is 74.2 Å². The van der Waals surface area contributed by atoms with E-state index in [2.05, 4.69) is 22.9 Å². The van der Waals surface area contributed by atoms with E-state index in [-0.39, 0.29) is 6.42 Å². The Hall–Kier alpha value is -2.50. The molecule has 0 radical (unpaired) electrons. The molecule has 0 aliphatic carbocycles. The highest BCUT2D eigenvalue weighted by molar-refractivity contribution is 7.86. The molecule has 11 nitrogen and oxygen atoms in total. The molecular formula is C30H55N5O6S. The SMILES string of the molecule is CCCCC(CC)(CS(=O)C(C)(C)C)NC(=O)NC(C(=O)N1CCCC1C(=O)NC(CCC)C(=O)C(N)=O)C(C)(C)C. The van der Waals surface area contributed by atoms with Gasteiger partial charge in [0.05, 0.1) is 11.6 Å². The molecule has 1 heterocycles. The Kier molecular flexibility index (Phi) is 14.1. The summed E-state index contributed by atoms with van der Waals surface area (Å²) < 4.78 is 12.7. The van der Waals surface area contributed by atoms with E-state index in [0.29, 0.717) is 44.4 Å². The van der Waals surface area contributed by atoms with E-state index in [9.17, 15) is 28.2 Å². The number of carbonyl (C=O) groups excluding carboxylic acids is 5. The number of carbonyl (C=O) groups is 5. The van der Waals surface area contributed by atoms with Gasteiger partial charge >= 0.3 is 6.03 Å². The lowest BCUT2D eigenvalue weighted by atomic mass is 9.85. The Balaban J connectivity index is 3.20. The number of Topliss-reactive ketones (excluding diaryl/α,β-unsaturated/α-hetero) is 1. The van der Waals surface area contributed by atoms with Gasteiger partial charge in [-0.25, -0.2) is 4.79 Å². The topological polar surface area (TPSA) is 168 Å². The first-order chi connectivity index (χ1) is 19.3. The largest absolute Gasteiger partial charge is 0.363 e. The lowest BCUT2D eigenvalue weighted by Gasteiger charge is -2.39. The maximum Gasteiger partial charge on any atom is 0.315 e. The van der Waals surface area contributed by atoms with Crippen LogP contribution >= 0.6 is 0 Å². The minimum Gasteiger partial charge on any atom is -0.363 e. The summed E-state index contributed by atoms with van der Waals surface area (Å²) >= 11 is 0. The van der Waals surface area contributed by atoms with Crippen molar-refractivity contribution in [1.29, 1.82) is 0 Å². The highest BCUT2D eigenvalue weighted by atomic mass is 32.2. The molecule has 1 saturated heterocycles. The van der Waals surface area contributed by atoms with E-state index in [4.69, 9.17) is 5.73 Å². The first-order valence-electron chi connectivity index (χ1n) is 15.2. The molecule has 1 aliphatic heterocycles. The number of unbranched alkanes of at least 4 members (excludes halogenated alkanes) is 1. The molecule has 0 saturated carbocycles. The van der Waals surface area contributed by atoms with E-state index in [1.165, 1.54) is 4.90 Å². The molecule has 5 N–H and O–H groups in total. The second-order valence-corrected chi connectivity index (χ2v) is 15.7. The first kappa shape index (κ1) is 37.5. The first-order valence-corrected chi connectivity index (χ1v) is 16.6. The Morgan fingerprint density at radius 3 is 2.07 bits per heavy atom. The van der Waals surface area contributed by atoms with Gasteiger partial charge in [0.15, 0.2) is 0 Å². The third-order valence-electron chi connectivity index (χ3n) is 7.83. The number of likely N-dealkylation sites (tertiary alicyclic amines) is 1. The molecule has 0 spiro atoms. The maximum absolute atomic E-state index is 13.9. The summed E-state index contributed by atoms with van der Waals surface area (Å²) in [6.07, 6.45) is 4.75. The summed E-state index contributed by atoms with van der Waals surface area (Å²) in [6.45, 7) is 17.4. The van der Waals surface area contributed by atoms with Gasteiger partial charge in [0, 0.05) is 27.8 Å². The zero-order chi connectivity index (χ0) is 32.5. The standard InChI is InChI=1S/C30H55N5O6S/c1-10-13-17-30(12-3,19-42(41)29(7,8)9)34-27(40)33-23(28(4,5)6)26(39)35-18-14-16-21(35)25(38)32-20(15-11-2)22(36)24(31)37/h20-21,23H,10-19H2,1-9H3,(H2,31,37)(H,32,38)(H2,33,34,40). The van der Waals surface area contributed by atoms with Gasteiger partial charge in [-0.1, -0.05) is 60.8 Å². The molecule has 5 atom stereocenters. The van der Waals surface area contributed by atoms with Gasteiger partial charge in [-0.15, -0.1) is 0 Å². The second-order valence-electron chi connectivity index (χ2n) is 13.5. The van der Waals surface area contributed by atoms with Crippen LogP contribution in [-0.2, 0) is 30.0 Å². The monoisotopic (exact) mass is 613 g/mol. The molecule has 5 unspecified atom stereocenters. The lowest BCUT2D eigenvalue weighted by molar-refractivity contribution is -0.143. The smallest absolute Gasteiger partial charge is 0.315 e. The Bertz CT molecular complexity index is 1010. The number of amides is 5. The molecule has 42 heavy (non-hydrogen) atoms. The van der Waals surface area contributed by atoms with Gasteiger partial charge in [-0.3, -0.25) is 23.4 Å². The van der Waals surface area contributed by atoms with Crippen molar-refractivity contribution in [3.05, 3.63) is 0 Å². The van der Waals surface area contributed by atoms with Gasteiger partial charge in [0.2, 0.25) is 17.6 Å². The van der Waals surface area contributed by atoms with Crippen LogP contribution in [0.4, 0.5) is 4.79 Å². The lowest BCUT2D eigenvalue weighted by Crippen LogP contribution is -2.63. The number of nitrogens with two attached hydrogens (primary N) is 1. The van der Waals surface area contributed by atoms with Crippen LogP contribution in [0.5, 0.6) is 0 Å². The molecule has 0 aromatic carbocycles. The van der Waals surface area contributed by atoms with Crippen molar-refractivity contribution in [3.63, 3.8) is 0 Å². The third-order valence-corrected chi connectivity index (χ3v) is 10.0. The van der Waals surface area contributed by atoms with Crippen LogP contribution < -0.4 is 21.7 Å². The molecule has 242 valence electrons. The van der Waals surface area contributed by atoms with Gasteiger partial charge in [-0.2, -0.15) is 0 Å². The minimum atomic E-state index is -1.21. The number of nitrogens with one attached hydrogen (secondary N) is 3. The van der Waals surface area contributed by atoms with Crippen molar-refractivity contribution < 1.29 is 28.2 Å². The molecule has 1 aliphatic rings. The number of urea groups is 1. The van der Waals surface area contributed by atoms with Crippen molar-refractivity contribution in [3.8, 4) is 0 Å². The average molecular weight is 614 g/mol. The van der Waals surface area contributed by atoms with Crippen LogP contribution in [0.1, 0.15) is 114 Å². The highest BCUT2D eigenvalue weighted by Crippen LogP contribution is 2.28. The predicted molar refractivity (Wildman–Crippen MR) is 166 cm³/mol. The van der Waals surface area contributed by atoms with Crippen molar-refractivity contribution in [1.82, 2.24) is 20.9 Å². The molecule has 1 rings (SSSR count). The normalized spacial score (nSPS) is 19.3. The zero-order valence-electron chi connectivity index (χ0n) is 27.2. The van der Waals surface area contributed by atoms with Gasteiger partial charge in [0.1, 0.15) is 12.1 Å². The Morgan fingerprint density at radius 2 is 1.60 bits per heavy atom. The zero-order valence-corrected chi connectivity index (χ0v) is 28.0. The van der Waals surface area contributed by atoms with E-state index in [1.807, 2.05) is 55.4 Å². The fourth-order valence-electron chi connectivity index (χ4n) is 5.04. The summed E-state index contributed by atoms with van der Waals surface area (Å²) in [5.41, 5.74) is 3.76. The number of ketones is 1. The number of hydrogen-bond donors (Lipinski definition) is 4. The predicted octanol–water partition coefficient (Wildman–Crippen LogP) is 2.92. The number of nitrogens with zero attached hydrogens (tertiary/aromatic N) is 1. The number of hydrogen-bond acceptors (Lipinski definition) is 6. The second kappa shape index (κ2) is 15.8. The average Bonchev–Trinajstić information content (AvgIpc) is 3.38. The Labute approximate surface area is 254 Å². The summed E-state index contributed by atoms with van der Waals surface area (Å²) in [4.78, 5) is 65.8. The van der Waals surface area contributed by atoms with Crippen molar-refractivity contribution in [2.75, 3.05) is 12.3 Å². The molecule has 12 heteroatoms. The van der Waals surface area contributed by atoms with Crippen LogP contribution in [0.2, 0.25) is 0 Å². The fourth-order valence-corrected chi connectivity index (χ4v) is 6.40. The van der Waals surface area contributed by atoms with Crippen LogP contribution in [0.25, 0.3) is 0 Å². The van der Waals surface area contributed by atoms with E-state index >= 15 is 0 Å². The summed E-state index contributed by atoms with van der Waals surface area (Å²) in [5, 5.41) is 8.59. The van der Waals surface area contributed by atoms with Crippen LogP contribution in [0.3, 0.4) is 0 Å². The molecule has 1 fully saturated rings. The van der Waals surface area contributed by atoms with Crippen LogP contribution in [0.15, 0.2) is 0 Å². The van der Waals surface area contributed by atoms with E-state index in [0.717, 1.165) is 12.8 Å². The van der Waals surface area contributed by atoms with E-state index in [1.54, 1.807) is 0 Å². The maximum atomic E-state index is 13.9. The summed E-state index contributed by atoms with van der Waals surface area (Å²) in [7, 11) is -1.21.